The van der Waals surface area contributed by atoms with Gasteiger partial charge in [0.15, 0.2) is 11.5 Å². The van der Waals surface area contributed by atoms with Gasteiger partial charge in [-0.1, -0.05) is 67.5 Å². The number of rotatable bonds is 7. The highest BCUT2D eigenvalue weighted by Crippen LogP contribution is 2.44. The Morgan fingerprint density at radius 1 is 1.02 bits per heavy atom. The van der Waals surface area contributed by atoms with E-state index in [2.05, 4.69) is 95.5 Å². The van der Waals surface area contributed by atoms with Gasteiger partial charge >= 0.3 is 0 Å². The molecule has 0 spiro atoms. The molecule has 0 saturated heterocycles. The van der Waals surface area contributed by atoms with E-state index in [-0.39, 0.29) is 0 Å². The van der Waals surface area contributed by atoms with E-state index in [0.29, 0.717) is 29.8 Å². The second-order valence-electron chi connectivity index (χ2n) is 11.1. The summed E-state index contributed by atoms with van der Waals surface area (Å²) in [4.78, 5) is 6.95. The molecule has 7 nitrogen and oxygen atoms in total. The molecule has 204 valence electrons. The predicted molar refractivity (Wildman–Crippen MR) is 157 cm³/mol. The lowest BCUT2D eigenvalue weighted by Crippen LogP contribution is -2.26. The molecule has 0 radical (unpaired) electrons. The molecule has 6 rings (SSSR count). The van der Waals surface area contributed by atoms with Gasteiger partial charge < -0.3 is 14.2 Å². The molecule has 0 aliphatic carbocycles. The number of aryl methyl sites for hydroxylation is 2. The number of aromatic nitrogens is 4. The molecule has 0 saturated carbocycles. The van der Waals surface area contributed by atoms with Crippen LogP contribution < -0.4 is 4.74 Å². The largest absolute Gasteiger partial charge is 0.488 e. The number of ether oxygens (including phenoxy) is 1. The van der Waals surface area contributed by atoms with Crippen molar-refractivity contribution in [2.75, 3.05) is 13.6 Å². The van der Waals surface area contributed by atoms with Crippen molar-refractivity contribution in [3.63, 3.8) is 0 Å². The summed E-state index contributed by atoms with van der Waals surface area (Å²) >= 11 is 0. The van der Waals surface area contributed by atoms with Crippen LogP contribution in [-0.4, -0.2) is 38.8 Å². The molecule has 7 heteroatoms. The number of hydrogen-bond acceptors (Lipinski definition) is 6. The fraction of sp³-hybridized carbons (Fsp3) is 0.303. The molecule has 0 amide bonds. The fourth-order valence-electron chi connectivity index (χ4n) is 5.54. The summed E-state index contributed by atoms with van der Waals surface area (Å²) in [5, 5.41) is 11.9. The van der Waals surface area contributed by atoms with Crippen LogP contribution in [-0.2, 0) is 19.6 Å². The van der Waals surface area contributed by atoms with Crippen LogP contribution in [0, 0.1) is 13.8 Å². The van der Waals surface area contributed by atoms with E-state index in [1.165, 1.54) is 22.3 Å². The minimum atomic E-state index is 0.337. The SMILES string of the molecule is Cc1nc(-c2noc(-c3cc(C(C)C)c(C)cc3OCc3ccccc3)c2-c2ccc3c(c2)CCN(C)C3)n[nH]1. The Labute approximate surface area is 235 Å². The minimum Gasteiger partial charge on any atom is -0.488 e. The molecule has 0 unspecified atom stereocenters. The van der Waals surface area contributed by atoms with Crippen LogP contribution in [0.5, 0.6) is 5.75 Å². The summed E-state index contributed by atoms with van der Waals surface area (Å²) < 4.78 is 12.7. The third-order valence-corrected chi connectivity index (χ3v) is 7.67. The lowest BCUT2D eigenvalue weighted by molar-refractivity contribution is 0.306. The molecule has 40 heavy (non-hydrogen) atoms. The van der Waals surface area contributed by atoms with Crippen LogP contribution >= 0.6 is 0 Å². The van der Waals surface area contributed by atoms with Crippen molar-refractivity contribution < 1.29 is 9.26 Å². The lowest BCUT2D eigenvalue weighted by atomic mass is 9.90. The number of H-pyrrole nitrogens is 1. The van der Waals surface area contributed by atoms with E-state index < -0.39 is 0 Å². The van der Waals surface area contributed by atoms with Crippen LogP contribution in [0.2, 0.25) is 0 Å². The lowest BCUT2D eigenvalue weighted by Gasteiger charge is -2.25. The monoisotopic (exact) mass is 533 g/mol. The van der Waals surface area contributed by atoms with Crippen molar-refractivity contribution in [2.45, 2.75) is 53.2 Å². The Morgan fingerprint density at radius 2 is 1.85 bits per heavy atom. The number of nitrogens with zero attached hydrogens (tertiary/aromatic N) is 4. The second kappa shape index (κ2) is 10.7. The van der Waals surface area contributed by atoms with Gasteiger partial charge in [-0.05, 0) is 78.7 Å². The maximum absolute atomic E-state index is 6.47. The summed E-state index contributed by atoms with van der Waals surface area (Å²) in [6.45, 7) is 10.9. The first kappa shape index (κ1) is 26.0. The molecule has 0 atom stereocenters. The van der Waals surface area contributed by atoms with Gasteiger partial charge in [-0.25, -0.2) is 4.98 Å². The summed E-state index contributed by atoms with van der Waals surface area (Å²) in [6.07, 6.45) is 1.00. The fourth-order valence-corrected chi connectivity index (χ4v) is 5.54. The van der Waals surface area contributed by atoms with Gasteiger partial charge in [0.1, 0.15) is 18.2 Å². The van der Waals surface area contributed by atoms with Crippen LogP contribution in [0.1, 0.15) is 53.4 Å². The zero-order valence-electron chi connectivity index (χ0n) is 23.8. The average molecular weight is 534 g/mol. The molecule has 1 aliphatic rings. The Morgan fingerprint density at radius 3 is 2.60 bits per heavy atom. The molecule has 2 aromatic heterocycles. The van der Waals surface area contributed by atoms with Crippen molar-refractivity contribution >= 4 is 0 Å². The van der Waals surface area contributed by atoms with E-state index in [1.807, 2.05) is 25.1 Å². The summed E-state index contributed by atoms with van der Waals surface area (Å²) in [6, 6.07) is 21.2. The van der Waals surface area contributed by atoms with Gasteiger partial charge in [0.25, 0.3) is 0 Å². The Balaban J connectivity index is 1.53. The standard InChI is InChI=1S/C33H35N5O2/c1-20(2)27-17-28(29(15-21(27)3)39-19-23-9-7-6-8-10-23)32-30(31(37-40-32)33-34-22(4)35-36-33)25-11-12-26-18-38(5)14-13-24(26)16-25/h6-12,15-17,20H,13-14,18-19H2,1-5H3,(H,34,35,36). The maximum atomic E-state index is 6.47. The summed E-state index contributed by atoms with van der Waals surface area (Å²) in [5.74, 6) is 3.01. The van der Waals surface area contributed by atoms with E-state index in [0.717, 1.165) is 53.3 Å². The van der Waals surface area contributed by atoms with E-state index >= 15 is 0 Å². The molecule has 1 aliphatic heterocycles. The molecular formula is C33H35N5O2. The Hall–Kier alpha value is -4.23. The van der Waals surface area contributed by atoms with E-state index in [1.54, 1.807) is 0 Å². The normalized spacial score (nSPS) is 13.6. The van der Waals surface area contributed by atoms with Crippen molar-refractivity contribution in [2.24, 2.45) is 0 Å². The average Bonchev–Trinajstić information content (AvgIpc) is 3.58. The molecular weight excluding hydrogens is 498 g/mol. The maximum Gasteiger partial charge on any atom is 0.204 e. The third kappa shape index (κ3) is 5.05. The van der Waals surface area contributed by atoms with Gasteiger partial charge in [0.2, 0.25) is 5.82 Å². The molecule has 1 N–H and O–H groups in total. The molecule has 3 heterocycles. The van der Waals surface area contributed by atoms with Gasteiger partial charge in [0.05, 0.1) is 11.1 Å². The quantitative estimate of drug-likeness (QED) is 0.240. The smallest absolute Gasteiger partial charge is 0.204 e. The topological polar surface area (TPSA) is 80.1 Å². The number of aromatic amines is 1. The highest BCUT2D eigenvalue weighted by Gasteiger charge is 2.27. The second-order valence-corrected chi connectivity index (χ2v) is 11.1. The molecule has 5 aromatic rings. The molecule has 0 bridgehead atoms. The van der Waals surface area contributed by atoms with Gasteiger partial charge in [-0.3, -0.25) is 5.10 Å². The first-order valence-corrected chi connectivity index (χ1v) is 13.9. The molecule has 3 aromatic carbocycles. The Bertz CT molecular complexity index is 1650. The van der Waals surface area contributed by atoms with Gasteiger partial charge in [0, 0.05) is 13.1 Å². The first-order valence-electron chi connectivity index (χ1n) is 13.9. The van der Waals surface area contributed by atoms with Crippen LogP contribution in [0.3, 0.4) is 0 Å². The number of nitrogens with one attached hydrogen (secondary N) is 1. The highest BCUT2D eigenvalue weighted by molar-refractivity contribution is 5.91. The van der Waals surface area contributed by atoms with Crippen molar-refractivity contribution in [3.05, 3.63) is 94.3 Å². The van der Waals surface area contributed by atoms with Crippen LogP contribution in [0.4, 0.5) is 0 Å². The number of benzene rings is 3. The van der Waals surface area contributed by atoms with Crippen molar-refractivity contribution in [3.8, 4) is 39.7 Å². The van der Waals surface area contributed by atoms with E-state index in [9.17, 15) is 0 Å². The Kier molecular flexibility index (Phi) is 6.98. The summed E-state index contributed by atoms with van der Waals surface area (Å²) in [7, 11) is 2.17. The van der Waals surface area contributed by atoms with Gasteiger partial charge in [-0.2, -0.15) is 5.10 Å². The van der Waals surface area contributed by atoms with Crippen LogP contribution in [0.25, 0.3) is 34.0 Å². The van der Waals surface area contributed by atoms with Crippen LogP contribution in [0.15, 0.2) is 65.2 Å². The first-order chi connectivity index (χ1) is 19.4. The third-order valence-electron chi connectivity index (χ3n) is 7.67. The van der Waals surface area contributed by atoms with E-state index in [4.69, 9.17) is 9.26 Å². The highest BCUT2D eigenvalue weighted by atomic mass is 16.5. The summed E-state index contributed by atoms with van der Waals surface area (Å²) in [5.41, 5.74) is 9.66. The zero-order valence-corrected chi connectivity index (χ0v) is 23.8. The molecule has 0 fully saturated rings. The predicted octanol–water partition coefficient (Wildman–Crippen LogP) is 7.10. The zero-order chi connectivity index (χ0) is 27.8. The number of hydrogen-bond donors (Lipinski definition) is 1. The minimum absolute atomic E-state index is 0.337. The number of likely N-dealkylation sites (N-methyl/N-ethyl adjacent to an activating group) is 1. The number of fused-ring (bicyclic) bond motifs is 1. The van der Waals surface area contributed by atoms with Crippen molar-refractivity contribution in [1.29, 1.82) is 0 Å². The van der Waals surface area contributed by atoms with Crippen molar-refractivity contribution in [1.82, 2.24) is 25.2 Å². The van der Waals surface area contributed by atoms with Gasteiger partial charge in [-0.15, -0.1) is 0 Å².